The van der Waals surface area contributed by atoms with Crippen molar-refractivity contribution in [1.29, 1.82) is 0 Å². The maximum atomic E-state index is 12.2. The van der Waals surface area contributed by atoms with Gasteiger partial charge >= 0.3 is 0 Å². The van der Waals surface area contributed by atoms with Crippen LogP contribution in [0.2, 0.25) is 0 Å². The van der Waals surface area contributed by atoms with Gasteiger partial charge < -0.3 is 0 Å². The average Bonchev–Trinajstić information content (AvgIpc) is 3.14. The maximum Gasteiger partial charge on any atom is 0.243 e. The number of aryl methyl sites for hydroxylation is 1. The number of carbonyl (C=O) groups excluding carboxylic acids is 1. The second-order valence-electron chi connectivity index (χ2n) is 5.35. The summed E-state index contributed by atoms with van der Waals surface area (Å²) in [6.45, 7) is 0.769. The molecule has 2 aromatic rings. The molecule has 1 amide bonds. The Kier molecular flexibility index (Phi) is 4.14. The fourth-order valence-electron chi connectivity index (χ4n) is 2.41. The van der Waals surface area contributed by atoms with Crippen molar-refractivity contribution in [1.82, 2.24) is 19.5 Å². The number of nitrogens with zero attached hydrogens (tertiary/aromatic N) is 4. The van der Waals surface area contributed by atoms with Crippen LogP contribution in [-0.4, -0.2) is 35.6 Å². The normalized spacial score (nSPS) is 15.3. The summed E-state index contributed by atoms with van der Waals surface area (Å²) in [6, 6.07) is 3.45. The first-order valence-electron chi connectivity index (χ1n) is 7.19. The number of pyridine rings is 1. The molecule has 0 spiro atoms. The predicted octanol–water partition coefficient (Wildman–Crippen LogP) is 0.420. The molecule has 23 heavy (non-hydrogen) atoms. The van der Waals surface area contributed by atoms with Gasteiger partial charge in [0, 0.05) is 39.0 Å². The van der Waals surface area contributed by atoms with Crippen LogP contribution in [0.1, 0.15) is 18.4 Å². The van der Waals surface area contributed by atoms with Gasteiger partial charge in [-0.1, -0.05) is 0 Å². The Bertz CT molecular complexity index is 830. The van der Waals surface area contributed by atoms with E-state index in [1.54, 1.807) is 30.3 Å². The van der Waals surface area contributed by atoms with Gasteiger partial charge in [-0.2, -0.15) is 5.10 Å². The van der Waals surface area contributed by atoms with Crippen molar-refractivity contribution >= 4 is 21.7 Å². The van der Waals surface area contributed by atoms with Crippen LogP contribution in [0, 0.1) is 0 Å². The van der Waals surface area contributed by atoms with Crippen LogP contribution >= 0.6 is 0 Å². The number of aromatic nitrogens is 3. The van der Waals surface area contributed by atoms with Crippen LogP contribution in [0.4, 0.5) is 5.82 Å². The Hall–Kier alpha value is -2.26. The van der Waals surface area contributed by atoms with E-state index >= 15 is 0 Å². The van der Waals surface area contributed by atoms with Crippen molar-refractivity contribution in [2.75, 3.05) is 11.4 Å². The molecule has 0 aromatic carbocycles. The SMILES string of the molecule is Cn1cc(S(=O)(=O)NCc2ccnc(N3CCCC3=O)c2)cn1. The molecule has 1 aliphatic rings. The number of nitrogens with one attached hydrogen (secondary N) is 1. The summed E-state index contributed by atoms with van der Waals surface area (Å²) in [7, 11) is -1.96. The monoisotopic (exact) mass is 335 g/mol. The first kappa shape index (κ1) is 15.6. The van der Waals surface area contributed by atoms with Crippen molar-refractivity contribution in [3.05, 3.63) is 36.3 Å². The van der Waals surface area contributed by atoms with Gasteiger partial charge in [-0.3, -0.25) is 14.4 Å². The molecule has 0 radical (unpaired) electrons. The Morgan fingerprint density at radius 3 is 2.87 bits per heavy atom. The highest BCUT2D eigenvalue weighted by Crippen LogP contribution is 2.20. The number of carbonyl (C=O) groups is 1. The number of hydrogen-bond acceptors (Lipinski definition) is 5. The molecule has 0 bridgehead atoms. The Labute approximate surface area is 134 Å². The highest BCUT2D eigenvalue weighted by molar-refractivity contribution is 7.89. The molecule has 1 N–H and O–H groups in total. The van der Waals surface area contributed by atoms with Gasteiger partial charge in [-0.25, -0.2) is 18.1 Å². The molecule has 0 aliphatic carbocycles. The molecule has 3 rings (SSSR count). The number of hydrogen-bond donors (Lipinski definition) is 1. The van der Waals surface area contributed by atoms with E-state index in [1.807, 2.05) is 0 Å². The lowest BCUT2D eigenvalue weighted by Gasteiger charge is -2.15. The summed E-state index contributed by atoms with van der Waals surface area (Å²) in [5, 5.41) is 3.86. The molecule has 1 fully saturated rings. The number of anilines is 1. The minimum Gasteiger partial charge on any atom is -0.297 e. The lowest BCUT2D eigenvalue weighted by molar-refractivity contribution is -0.117. The highest BCUT2D eigenvalue weighted by atomic mass is 32.2. The van der Waals surface area contributed by atoms with E-state index in [9.17, 15) is 13.2 Å². The lowest BCUT2D eigenvalue weighted by atomic mass is 10.2. The van der Waals surface area contributed by atoms with E-state index in [2.05, 4.69) is 14.8 Å². The molecule has 0 saturated carbocycles. The molecule has 1 aliphatic heterocycles. The van der Waals surface area contributed by atoms with Crippen molar-refractivity contribution in [3.8, 4) is 0 Å². The summed E-state index contributed by atoms with van der Waals surface area (Å²) in [5.74, 6) is 0.608. The summed E-state index contributed by atoms with van der Waals surface area (Å²) in [6.07, 6.45) is 5.65. The van der Waals surface area contributed by atoms with Crippen LogP contribution in [0.15, 0.2) is 35.6 Å². The van der Waals surface area contributed by atoms with Gasteiger partial charge in [-0.15, -0.1) is 0 Å². The summed E-state index contributed by atoms with van der Waals surface area (Å²) in [4.78, 5) is 17.7. The summed E-state index contributed by atoms with van der Waals surface area (Å²) in [5.41, 5.74) is 0.738. The molecule has 0 unspecified atom stereocenters. The second kappa shape index (κ2) is 6.09. The maximum absolute atomic E-state index is 12.2. The van der Waals surface area contributed by atoms with Crippen LogP contribution in [0.25, 0.3) is 0 Å². The van der Waals surface area contributed by atoms with Crippen molar-refractivity contribution in [3.63, 3.8) is 0 Å². The molecule has 0 atom stereocenters. The first-order valence-corrected chi connectivity index (χ1v) is 8.68. The number of rotatable bonds is 5. The van der Waals surface area contributed by atoms with Gasteiger partial charge in [0.15, 0.2) is 0 Å². The summed E-state index contributed by atoms with van der Waals surface area (Å²) >= 11 is 0. The Morgan fingerprint density at radius 2 is 2.22 bits per heavy atom. The third kappa shape index (κ3) is 3.40. The van der Waals surface area contributed by atoms with Gasteiger partial charge in [0.25, 0.3) is 0 Å². The quantitative estimate of drug-likeness (QED) is 0.854. The molecule has 8 nitrogen and oxygen atoms in total. The number of sulfonamides is 1. The van der Waals surface area contributed by atoms with Crippen molar-refractivity contribution < 1.29 is 13.2 Å². The minimum atomic E-state index is -3.61. The van der Waals surface area contributed by atoms with Gasteiger partial charge in [0.05, 0.1) is 6.20 Å². The highest BCUT2D eigenvalue weighted by Gasteiger charge is 2.23. The van der Waals surface area contributed by atoms with Crippen LogP contribution in [-0.2, 0) is 28.4 Å². The van der Waals surface area contributed by atoms with Gasteiger partial charge in [0.2, 0.25) is 15.9 Å². The zero-order chi connectivity index (χ0) is 16.4. The molecule has 1 saturated heterocycles. The third-order valence-electron chi connectivity index (χ3n) is 3.62. The molecule has 3 heterocycles. The van der Waals surface area contributed by atoms with Crippen LogP contribution < -0.4 is 9.62 Å². The van der Waals surface area contributed by atoms with Gasteiger partial charge in [0.1, 0.15) is 10.7 Å². The molecule has 9 heteroatoms. The number of amides is 1. The van der Waals surface area contributed by atoms with Crippen molar-refractivity contribution in [2.24, 2.45) is 7.05 Å². The Morgan fingerprint density at radius 1 is 1.39 bits per heavy atom. The standard InChI is InChI=1S/C14H17N5O3S/c1-18-10-12(9-16-18)23(21,22)17-8-11-4-5-15-13(7-11)19-6-2-3-14(19)20/h4-5,7,9-10,17H,2-3,6,8H2,1H3. The lowest BCUT2D eigenvalue weighted by Crippen LogP contribution is -2.26. The van der Waals surface area contributed by atoms with E-state index in [1.165, 1.54) is 17.1 Å². The van der Waals surface area contributed by atoms with E-state index in [4.69, 9.17) is 0 Å². The molecule has 122 valence electrons. The molecule has 2 aromatic heterocycles. The fourth-order valence-corrected chi connectivity index (χ4v) is 3.41. The fraction of sp³-hybridized carbons (Fsp3) is 0.357. The third-order valence-corrected chi connectivity index (χ3v) is 4.97. The summed E-state index contributed by atoms with van der Waals surface area (Å²) < 4.78 is 28.3. The van der Waals surface area contributed by atoms with E-state index in [0.29, 0.717) is 18.8 Å². The molecular formula is C14H17N5O3S. The van der Waals surface area contributed by atoms with Crippen LogP contribution in [0.3, 0.4) is 0 Å². The topological polar surface area (TPSA) is 97.2 Å². The predicted molar refractivity (Wildman–Crippen MR) is 83.1 cm³/mol. The first-order chi connectivity index (χ1) is 11.0. The van der Waals surface area contributed by atoms with Crippen molar-refractivity contribution in [2.45, 2.75) is 24.3 Å². The van der Waals surface area contributed by atoms with Crippen LogP contribution in [0.5, 0.6) is 0 Å². The molecular weight excluding hydrogens is 318 g/mol. The second-order valence-corrected chi connectivity index (χ2v) is 7.11. The average molecular weight is 335 g/mol. The van der Waals surface area contributed by atoms with Gasteiger partial charge in [-0.05, 0) is 24.1 Å². The largest absolute Gasteiger partial charge is 0.297 e. The smallest absolute Gasteiger partial charge is 0.243 e. The van der Waals surface area contributed by atoms with E-state index < -0.39 is 10.0 Å². The van der Waals surface area contributed by atoms with E-state index in [0.717, 1.165) is 12.0 Å². The zero-order valence-electron chi connectivity index (χ0n) is 12.6. The Balaban J connectivity index is 1.72. The van der Waals surface area contributed by atoms with E-state index in [-0.39, 0.29) is 17.3 Å². The minimum absolute atomic E-state index is 0.0468. The zero-order valence-corrected chi connectivity index (χ0v) is 13.5.